The quantitative estimate of drug-likeness (QED) is 0.410. The Labute approximate surface area is 198 Å². The topological polar surface area (TPSA) is 76.2 Å². The number of rotatable bonds is 4. The summed E-state index contributed by atoms with van der Waals surface area (Å²) in [6.07, 6.45) is 8.25. The number of hydrogen-bond acceptors (Lipinski definition) is 6. The number of nitrogens with two attached hydrogens (primary N) is 1. The minimum absolute atomic E-state index is 0.136. The van der Waals surface area contributed by atoms with E-state index in [2.05, 4.69) is 38.7 Å². The molecule has 5 rings (SSSR count). The highest BCUT2D eigenvalue weighted by Gasteiger charge is 2.51. The number of aromatic nitrogens is 2. The van der Waals surface area contributed by atoms with Crippen molar-refractivity contribution >= 4 is 39.3 Å². The lowest BCUT2D eigenvalue weighted by Gasteiger charge is -2.45. The number of aliphatic imine (C=N–C) groups is 1. The molecule has 1 aliphatic carbocycles. The number of anilines is 2. The number of alkyl halides is 1. The summed E-state index contributed by atoms with van der Waals surface area (Å²) in [6.45, 7) is 2.54. The summed E-state index contributed by atoms with van der Waals surface area (Å²) in [4.78, 5) is 13.0. The number of hydrogen-bond donors (Lipinski definition) is 2. The maximum atomic E-state index is 15.0. The Kier molecular flexibility index (Phi) is 5.54. The second-order valence-corrected chi connectivity index (χ2v) is 9.07. The van der Waals surface area contributed by atoms with Crippen LogP contribution in [0.1, 0.15) is 11.1 Å². The number of pyridine rings is 2. The van der Waals surface area contributed by atoms with Crippen LogP contribution in [0.5, 0.6) is 0 Å². The van der Waals surface area contributed by atoms with Gasteiger partial charge in [0, 0.05) is 51.8 Å². The molecule has 0 unspecified atom stereocenters. The molecule has 0 fully saturated rings. The number of nitrogens with one attached hydrogen (secondary N) is 1. The molecule has 3 heterocycles. The molecule has 34 heavy (non-hydrogen) atoms. The standard InChI is InChI=1S/C25H18F3N5S/c1-2-3-4-14-9-15-7-8-30-23(22(15)31-12-14)32-16-10-18(21(28)19(27)11-16)25(13-26)17-5-6-20(17)34-24(29)33-25/h2,5-12,17,20H,1,13H2,(H2,29,33)(H,30,32)/t17-,20+,25-/m0/s1. The van der Waals surface area contributed by atoms with Gasteiger partial charge in [0.2, 0.25) is 0 Å². The van der Waals surface area contributed by atoms with Crippen molar-refractivity contribution in [1.29, 1.82) is 0 Å². The number of allylic oxidation sites excluding steroid dienone is 1. The maximum Gasteiger partial charge on any atom is 0.164 e. The normalized spacial score (nSPS) is 22.7. The van der Waals surface area contributed by atoms with E-state index in [9.17, 15) is 8.78 Å². The van der Waals surface area contributed by atoms with E-state index < -0.39 is 29.8 Å². The third kappa shape index (κ3) is 3.60. The molecule has 2 aromatic heterocycles. The lowest BCUT2D eigenvalue weighted by atomic mass is 9.72. The predicted octanol–water partition coefficient (Wildman–Crippen LogP) is 4.97. The molecule has 0 spiro atoms. The first-order valence-electron chi connectivity index (χ1n) is 10.3. The van der Waals surface area contributed by atoms with Gasteiger partial charge in [-0.15, -0.1) is 0 Å². The van der Waals surface area contributed by atoms with Crippen LogP contribution in [0.2, 0.25) is 0 Å². The van der Waals surface area contributed by atoms with Crippen LogP contribution in [0.4, 0.5) is 24.7 Å². The van der Waals surface area contributed by atoms with Gasteiger partial charge in [0.15, 0.2) is 22.6 Å². The minimum Gasteiger partial charge on any atom is -0.378 e. The van der Waals surface area contributed by atoms with E-state index in [4.69, 9.17) is 5.73 Å². The van der Waals surface area contributed by atoms with Crippen molar-refractivity contribution in [2.45, 2.75) is 10.8 Å². The first kappa shape index (κ1) is 22.0. The summed E-state index contributed by atoms with van der Waals surface area (Å²) in [6, 6.07) is 5.95. The van der Waals surface area contributed by atoms with Gasteiger partial charge in [0.05, 0.1) is 0 Å². The molecule has 2 aliphatic rings. The molecule has 0 radical (unpaired) electrons. The summed E-state index contributed by atoms with van der Waals surface area (Å²) in [5.41, 5.74) is 5.46. The van der Waals surface area contributed by atoms with Crippen molar-refractivity contribution in [3.05, 3.63) is 84.2 Å². The molecule has 3 atom stereocenters. The summed E-state index contributed by atoms with van der Waals surface area (Å²) < 4.78 is 44.3. The van der Waals surface area contributed by atoms with Crippen molar-refractivity contribution in [3.8, 4) is 11.8 Å². The molecule has 3 aromatic rings. The van der Waals surface area contributed by atoms with Crippen LogP contribution in [0.3, 0.4) is 0 Å². The molecular weight excluding hydrogens is 459 g/mol. The minimum atomic E-state index is -1.64. The molecule has 3 N–H and O–H groups in total. The van der Waals surface area contributed by atoms with Gasteiger partial charge in [0.25, 0.3) is 0 Å². The van der Waals surface area contributed by atoms with Gasteiger partial charge in [-0.2, -0.15) is 0 Å². The van der Waals surface area contributed by atoms with Crippen molar-refractivity contribution in [2.24, 2.45) is 16.6 Å². The largest absolute Gasteiger partial charge is 0.378 e. The lowest BCUT2D eigenvalue weighted by Crippen LogP contribution is -2.49. The van der Waals surface area contributed by atoms with Crippen LogP contribution in [0, 0.1) is 29.4 Å². The zero-order valence-electron chi connectivity index (χ0n) is 17.7. The number of halogens is 3. The van der Waals surface area contributed by atoms with E-state index in [-0.39, 0.29) is 21.7 Å². The van der Waals surface area contributed by atoms with Gasteiger partial charge in [0.1, 0.15) is 17.7 Å². The number of amidine groups is 1. The predicted molar refractivity (Wildman–Crippen MR) is 130 cm³/mol. The van der Waals surface area contributed by atoms with E-state index in [0.717, 1.165) is 11.5 Å². The Morgan fingerprint density at radius 3 is 2.82 bits per heavy atom. The Morgan fingerprint density at radius 2 is 2.09 bits per heavy atom. The molecule has 0 bridgehead atoms. The third-order valence-corrected chi connectivity index (χ3v) is 6.91. The van der Waals surface area contributed by atoms with E-state index >= 15 is 4.39 Å². The van der Waals surface area contributed by atoms with Crippen LogP contribution in [-0.4, -0.2) is 27.1 Å². The zero-order chi connectivity index (χ0) is 23.9. The summed E-state index contributed by atoms with van der Waals surface area (Å²) in [5.74, 6) is 3.29. The molecule has 1 aromatic carbocycles. The molecule has 9 heteroatoms. The average Bonchev–Trinajstić information content (AvgIpc) is 2.81. The summed E-state index contributed by atoms with van der Waals surface area (Å²) in [7, 11) is 0. The Morgan fingerprint density at radius 1 is 1.24 bits per heavy atom. The fourth-order valence-corrected chi connectivity index (χ4v) is 5.32. The van der Waals surface area contributed by atoms with Crippen molar-refractivity contribution in [1.82, 2.24) is 9.97 Å². The van der Waals surface area contributed by atoms with Crippen LogP contribution < -0.4 is 11.1 Å². The second kappa shape index (κ2) is 8.54. The van der Waals surface area contributed by atoms with Crippen molar-refractivity contribution in [2.75, 3.05) is 12.0 Å². The highest BCUT2D eigenvalue weighted by atomic mass is 32.2. The Hall–Kier alpha value is -3.77. The molecule has 0 saturated heterocycles. The van der Waals surface area contributed by atoms with E-state index in [0.29, 0.717) is 16.9 Å². The highest BCUT2D eigenvalue weighted by Crippen LogP contribution is 2.51. The Balaban J connectivity index is 1.58. The molecule has 5 nitrogen and oxygen atoms in total. The second-order valence-electron chi connectivity index (χ2n) is 7.87. The van der Waals surface area contributed by atoms with Crippen LogP contribution in [0.15, 0.2) is 66.5 Å². The zero-order valence-corrected chi connectivity index (χ0v) is 18.5. The molecule has 0 saturated carbocycles. The molecular formula is C25H18F3N5S. The smallest absolute Gasteiger partial charge is 0.164 e. The number of nitrogens with zero attached hydrogens (tertiary/aromatic N) is 3. The van der Waals surface area contributed by atoms with E-state index in [1.54, 1.807) is 24.5 Å². The monoisotopic (exact) mass is 477 g/mol. The van der Waals surface area contributed by atoms with Gasteiger partial charge in [-0.1, -0.05) is 42.3 Å². The first-order chi connectivity index (χ1) is 16.4. The summed E-state index contributed by atoms with van der Waals surface area (Å²) in [5, 5.41) is 3.74. The highest BCUT2D eigenvalue weighted by molar-refractivity contribution is 8.14. The fraction of sp³-hybridized carbons (Fsp3) is 0.160. The van der Waals surface area contributed by atoms with Gasteiger partial charge in [-0.3, -0.25) is 4.98 Å². The SMILES string of the molecule is C=CC#Cc1cnc2c(Nc3cc(F)c(F)c([C@@]4(CF)N=C(N)S[C@@H]5C=C[C@@H]54)c3)nccc2c1. The first-order valence-corrected chi connectivity index (χ1v) is 11.2. The summed E-state index contributed by atoms with van der Waals surface area (Å²) >= 11 is 1.28. The maximum absolute atomic E-state index is 15.0. The van der Waals surface area contributed by atoms with Crippen LogP contribution >= 0.6 is 11.8 Å². The third-order valence-electron chi connectivity index (χ3n) is 5.86. The van der Waals surface area contributed by atoms with Crippen LogP contribution in [-0.2, 0) is 5.54 Å². The van der Waals surface area contributed by atoms with Gasteiger partial charge in [-0.25, -0.2) is 23.1 Å². The Bertz CT molecular complexity index is 1440. The number of benzene rings is 1. The van der Waals surface area contributed by atoms with Crippen molar-refractivity contribution in [3.63, 3.8) is 0 Å². The van der Waals surface area contributed by atoms with Gasteiger partial charge >= 0.3 is 0 Å². The molecule has 1 aliphatic heterocycles. The van der Waals surface area contributed by atoms with Crippen LogP contribution in [0.25, 0.3) is 10.9 Å². The average molecular weight is 478 g/mol. The van der Waals surface area contributed by atoms with Crippen molar-refractivity contribution < 1.29 is 13.2 Å². The fourth-order valence-electron chi connectivity index (χ4n) is 4.19. The number of fused-ring (bicyclic) bond motifs is 2. The van der Waals surface area contributed by atoms with E-state index in [1.807, 2.05) is 12.1 Å². The molecule has 170 valence electrons. The molecule has 0 amide bonds. The van der Waals surface area contributed by atoms with Gasteiger partial charge < -0.3 is 11.1 Å². The van der Waals surface area contributed by atoms with Gasteiger partial charge in [-0.05, 0) is 24.3 Å². The van der Waals surface area contributed by atoms with E-state index in [1.165, 1.54) is 23.9 Å². The number of thioether (sulfide) groups is 1. The lowest BCUT2D eigenvalue weighted by molar-refractivity contribution is 0.229.